The van der Waals surface area contributed by atoms with E-state index in [-0.39, 0.29) is 0 Å². The lowest BCUT2D eigenvalue weighted by Gasteiger charge is -2.10. The minimum atomic E-state index is 0.635. The molecule has 0 fully saturated rings. The van der Waals surface area contributed by atoms with Crippen molar-refractivity contribution in [1.29, 1.82) is 5.26 Å². The molecule has 0 amide bonds. The summed E-state index contributed by atoms with van der Waals surface area (Å²) in [5.41, 5.74) is 3.80. The Morgan fingerprint density at radius 2 is 2.22 bits per heavy atom. The minimum absolute atomic E-state index is 0.635. The highest BCUT2D eigenvalue weighted by Crippen LogP contribution is 2.21. The first kappa shape index (κ1) is 12.6. The number of halogens is 1. The molecule has 0 unspecified atom stereocenters. The van der Waals surface area contributed by atoms with Crippen LogP contribution in [0.5, 0.6) is 0 Å². The number of nitriles is 1. The Hall–Kier alpha value is -1.86. The van der Waals surface area contributed by atoms with Gasteiger partial charge < -0.3 is 5.32 Å². The SMILES string of the molecule is Cc1cnccc1CNc1ccc(Br)cc1C#N. The third-order valence-corrected chi connectivity index (χ3v) is 3.20. The van der Waals surface area contributed by atoms with Gasteiger partial charge in [0, 0.05) is 23.4 Å². The van der Waals surface area contributed by atoms with E-state index < -0.39 is 0 Å². The van der Waals surface area contributed by atoms with Crippen molar-refractivity contribution in [3.05, 3.63) is 57.8 Å². The number of nitrogens with zero attached hydrogens (tertiary/aromatic N) is 2. The molecule has 1 N–H and O–H groups in total. The van der Waals surface area contributed by atoms with Gasteiger partial charge in [0.15, 0.2) is 0 Å². The van der Waals surface area contributed by atoms with Crippen LogP contribution >= 0.6 is 15.9 Å². The highest BCUT2D eigenvalue weighted by Gasteiger charge is 2.03. The van der Waals surface area contributed by atoms with Crippen LogP contribution in [0.15, 0.2) is 41.1 Å². The van der Waals surface area contributed by atoms with E-state index in [2.05, 4.69) is 32.3 Å². The summed E-state index contributed by atoms with van der Waals surface area (Å²) >= 11 is 3.36. The largest absolute Gasteiger partial charge is 0.380 e. The Kier molecular flexibility index (Phi) is 3.96. The summed E-state index contributed by atoms with van der Waals surface area (Å²) in [6.45, 7) is 2.71. The third-order valence-electron chi connectivity index (χ3n) is 2.71. The number of benzene rings is 1. The molecule has 90 valence electrons. The number of anilines is 1. The zero-order chi connectivity index (χ0) is 13.0. The average Bonchev–Trinajstić information content (AvgIpc) is 2.39. The summed E-state index contributed by atoms with van der Waals surface area (Å²) in [5.74, 6) is 0. The fourth-order valence-electron chi connectivity index (χ4n) is 1.65. The quantitative estimate of drug-likeness (QED) is 0.941. The Morgan fingerprint density at radius 1 is 1.39 bits per heavy atom. The van der Waals surface area contributed by atoms with Crippen LogP contribution in [0, 0.1) is 18.3 Å². The van der Waals surface area contributed by atoms with Gasteiger partial charge in [-0.3, -0.25) is 4.98 Å². The number of nitrogens with one attached hydrogen (secondary N) is 1. The lowest BCUT2D eigenvalue weighted by molar-refractivity contribution is 1.09. The van der Waals surface area contributed by atoms with Gasteiger partial charge in [-0.2, -0.15) is 5.26 Å². The molecule has 0 saturated heterocycles. The Labute approximate surface area is 115 Å². The van der Waals surface area contributed by atoms with Crippen molar-refractivity contribution < 1.29 is 0 Å². The number of hydrogen-bond donors (Lipinski definition) is 1. The van der Waals surface area contributed by atoms with Crippen LogP contribution in [0.1, 0.15) is 16.7 Å². The topological polar surface area (TPSA) is 48.7 Å². The maximum Gasteiger partial charge on any atom is 0.101 e. The zero-order valence-electron chi connectivity index (χ0n) is 9.94. The number of rotatable bonds is 3. The van der Waals surface area contributed by atoms with Gasteiger partial charge in [-0.1, -0.05) is 15.9 Å². The second-order valence-electron chi connectivity index (χ2n) is 3.96. The molecule has 0 aliphatic rings. The van der Waals surface area contributed by atoms with E-state index in [1.54, 1.807) is 6.20 Å². The number of hydrogen-bond acceptors (Lipinski definition) is 3. The number of aromatic nitrogens is 1. The van der Waals surface area contributed by atoms with Crippen LogP contribution in [0.2, 0.25) is 0 Å². The molecular weight excluding hydrogens is 290 g/mol. The second-order valence-corrected chi connectivity index (χ2v) is 4.87. The van der Waals surface area contributed by atoms with E-state index in [9.17, 15) is 0 Å². The van der Waals surface area contributed by atoms with Gasteiger partial charge >= 0.3 is 0 Å². The van der Waals surface area contributed by atoms with Crippen molar-refractivity contribution in [2.24, 2.45) is 0 Å². The zero-order valence-corrected chi connectivity index (χ0v) is 11.5. The monoisotopic (exact) mass is 301 g/mol. The normalized spacial score (nSPS) is 9.83. The molecule has 1 heterocycles. The molecule has 0 saturated carbocycles. The summed E-state index contributed by atoms with van der Waals surface area (Å²) in [4.78, 5) is 4.06. The fourth-order valence-corrected chi connectivity index (χ4v) is 2.02. The molecule has 4 heteroatoms. The highest BCUT2D eigenvalue weighted by atomic mass is 79.9. The maximum atomic E-state index is 9.07. The van der Waals surface area contributed by atoms with Gasteiger partial charge in [0.05, 0.1) is 11.3 Å². The van der Waals surface area contributed by atoms with E-state index in [0.717, 1.165) is 15.7 Å². The van der Waals surface area contributed by atoms with Crippen LogP contribution in [0.4, 0.5) is 5.69 Å². The lowest BCUT2D eigenvalue weighted by Crippen LogP contribution is -2.03. The predicted molar refractivity (Wildman–Crippen MR) is 75.2 cm³/mol. The molecule has 18 heavy (non-hydrogen) atoms. The highest BCUT2D eigenvalue weighted by molar-refractivity contribution is 9.10. The third kappa shape index (κ3) is 2.88. The molecule has 0 aliphatic heterocycles. The van der Waals surface area contributed by atoms with Crippen LogP contribution in [-0.2, 0) is 6.54 Å². The van der Waals surface area contributed by atoms with E-state index >= 15 is 0 Å². The minimum Gasteiger partial charge on any atom is -0.380 e. The van der Waals surface area contributed by atoms with Gasteiger partial charge in [0.25, 0.3) is 0 Å². The van der Waals surface area contributed by atoms with Crippen molar-refractivity contribution in [2.75, 3.05) is 5.32 Å². The van der Waals surface area contributed by atoms with Crippen molar-refractivity contribution in [2.45, 2.75) is 13.5 Å². The second kappa shape index (κ2) is 5.65. The summed E-state index contributed by atoms with van der Waals surface area (Å²) in [6.07, 6.45) is 3.61. The summed E-state index contributed by atoms with van der Waals surface area (Å²) in [7, 11) is 0. The molecule has 0 bridgehead atoms. The van der Waals surface area contributed by atoms with E-state index in [0.29, 0.717) is 12.1 Å². The Balaban J connectivity index is 2.16. The van der Waals surface area contributed by atoms with Crippen LogP contribution in [0.3, 0.4) is 0 Å². The molecule has 1 aromatic carbocycles. The van der Waals surface area contributed by atoms with Crippen molar-refractivity contribution in [1.82, 2.24) is 4.98 Å². The summed E-state index contributed by atoms with van der Waals surface area (Å²) in [5, 5.41) is 12.4. The standard InChI is InChI=1S/C14H12BrN3/c1-10-8-17-5-4-11(10)9-18-14-3-2-13(15)6-12(14)7-16/h2-6,8,18H,9H2,1H3. The van der Waals surface area contributed by atoms with Crippen molar-refractivity contribution in [3.8, 4) is 6.07 Å². The van der Waals surface area contributed by atoms with Gasteiger partial charge in [-0.05, 0) is 42.3 Å². The Bertz CT molecular complexity index is 602. The molecule has 2 rings (SSSR count). The molecular formula is C14H12BrN3. The molecule has 0 radical (unpaired) electrons. The average molecular weight is 302 g/mol. The first-order valence-electron chi connectivity index (χ1n) is 5.53. The molecule has 0 atom stereocenters. The summed E-state index contributed by atoms with van der Waals surface area (Å²) < 4.78 is 0.907. The van der Waals surface area contributed by atoms with Gasteiger partial charge in [-0.15, -0.1) is 0 Å². The molecule has 2 aromatic rings. The number of aryl methyl sites for hydroxylation is 1. The fraction of sp³-hybridized carbons (Fsp3) is 0.143. The summed E-state index contributed by atoms with van der Waals surface area (Å²) in [6, 6.07) is 9.79. The number of pyridine rings is 1. The molecule has 3 nitrogen and oxygen atoms in total. The van der Waals surface area contributed by atoms with Gasteiger partial charge in [0.1, 0.15) is 6.07 Å². The lowest BCUT2D eigenvalue weighted by atomic mass is 10.1. The van der Waals surface area contributed by atoms with Crippen molar-refractivity contribution in [3.63, 3.8) is 0 Å². The maximum absolute atomic E-state index is 9.07. The van der Waals surface area contributed by atoms with E-state index in [1.165, 1.54) is 5.56 Å². The van der Waals surface area contributed by atoms with Crippen LogP contribution in [-0.4, -0.2) is 4.98 Å². The Morgan fingerprint density at radius 3 is 2.94 bits per heavy atom. The van der Waals surface area contributed by atoms with Crippen LogP contribution < -0.4 is 5.32 Å². The van der Waals surface area contributed by atoms with E-state index in [1.807, 2.05) is 37.4 Å². The molecule has 1 aromatic heterocycles. The smallest absolute Gasteiger partial charge is 0.101 e. The molecule has 0 spiro atoms. The predicted octanol–water partition coefficient (Wildman–Crippen LogP) is 3.64. The van der Waals surface area contributed by atoms with Crippen molar-refractivity contribution >= 4 is 21.6 Å². The first-order valence-corrected chi connectivity index (χ1v) is 6.33. The van der Waals surface area contributed by atoms with Gasteiger partial charge in [0.2, 0.25) is 0 Å². The molecule has 0 aliphatic carbocycles. The van der Waals surface area contributed by atoms with E-state index in [4.69, 9.17) is 5.26 Å². The first-order chi connectivity index (χ1) is 8.70. The van der Waals surface area contributed by atoms with Gasteiger partial charge in [-0.25, -0.2) is 0 Å². The van der Waals surface area contributed by atoms with Crippen LogP contribution in [0.25, 0.3) is 0 Å².